The van der Waals surface area contributed by atoms with Crippen molar-refractivity contribution in [3.8, 4) is 0 Å². The number of nitrogens with zero attached hydrogens (tertiary/aromatic N) is 1. The molecule has 0 saturated heterocycles. The van der Waals surface area contributed by atoms with Gasteiger partial charge in [0.15, 0.2) is 5.54 Å². The van der Waals surface area contributed by atoms with E-state index in [1.807, 2.05) is 39.0 Å². The van der Waals surface area contributed by atoms with Crippen LogP contribution in [0.2, 0.25) is 0 Å². The number of ether oxygens (including phenoxy) is 1. The Morgan fingerprint density at radius 3 is 2.57 bits per heavy atom. The Balaban J connectivity index is 1.85. The van der Waals surface area contributed by atoms with Crippen LogP contribution in [0.1, 0.15) is 49.5 Å². The summed E-state index contributed by atoms with van der Waals surface area (Å²) in [7, 11) is 0. The third-order valence-corrected chi connectivity index (χ3v) is 3.67. The van der Waals surface area contributed by atoms with Gasteiger partial charge in [0.1, 0.15) is 12.2 Å². The van der Waals surface area contributed by atoms with E-state index in [0.717, 1.165) is 5.56 Å². The predicted molar refractivity (Wildman–Crippen MR) is 75.2 cm³/mol. The molecule has 1 aliphatic heterocycles. The number of hydrogen-bond acceptors (Lipinski definition) is 4. The predicted octanol–water partition coefficient (Wildman–Crippen LogP) is 2.45. The quantitative estimate of drug-likeness (QED) is 0.785. The SMILES string of the molecule is CC(C)(C)OC(=O)C1(N2OCc3ccccc3C2=O)CC1. The van der Waals surface area contributed by atoms with E-state index < -0.39 is 11.1 Å². The average molecular weight is 289 g/mol. The molecule has 1 aliphatic carbocycles. The summed E-state index contributed by atoms with van der Waals surface area (Å²) in [6.45, 7) is 5.74. The van der Waals surface area contributed by atoms with Crippen LogP contribution in [0.4, 0.5) is 0 Å². The fourth-order valence-electron chi connectivity index (χ4n) is 2.46. The molecule has 5 heteroatoms. The van der Waals surface area contributed by atoms with Gasteiger partial charge in [-0.25, -0.2) is 4.79 Å². The van der Waals surface area contributed by atoms with Crippen molar-refractivity contribution in [1.29, 1.82) is 0 Å². The summed E-state index contributed by atoms with van der Waals surface area (Å²) in [6, 6.07) is 7.30. The van der Waals surface area contributed by atoms with Gasteiger partial charge in [-0.15, -0.1) is 0 Å². The standard InChI is InChI=1S/C16H19NO4/c1-15(2,3)21-14(19)16(8-9-16)17-13(18)12-7-5-4-6-11(12)10-20-17/h4-7H,8-10H2,1-3H3. The number of hydrogen-bond donors (Lipinski definition) is 0. The number of esters is 1. The van der Waals surface area contributed by atoms with Crippen molar-refractivity contribution in [2.45, 2.75) is 51.4 Å². The maximum atomic E-state index is 12.6. The molecule has 5 nitrogen and oxygen atoms in total. The van der Waals surface area contributed by atoms with E-state index in [4.69, 9.17) is 9.57 Å². The van der Waals surface area contributed by atoms with Gasteiger partial charge in [0.05, 0.1) is 0 Å². The Labute approximate surface area is 123 Å². The number of carbonyl (C=O) groups is 2. The molecule has 0 unspecified atom stereocenters. The molecule has 1 aromatic rings. The summed E-state index contributed by atoms with van der Waals surface area (Å²) in [5.41, 5.74) is -0.0845. The van der Waals surface area contributed by atoms with E-state index >= 15 is 0 Å². The molecular weight excluding hydrogens is 270 g/mol. The van der Waals surface area contributed by atoms with Crippen molar-refractivity contribution in [1.82, 2.24) is 5.06 Å². The van der Waals surface area contributed by atoms with Gasteiger partial charge in [-0.1, -0.05) is 18.2 Å². The molecule has 2 aliphatic rings. The number of amides is 1. The molecule has 0 N–H and O–H groups in total. The average Bonchev–Trinajstić information content (AvgIpc) is 3.19. The first kappa shape index (κ1) is 14.1. The molecule has 1 aromatic carbocycles. The third-order valence-electron chi connectivity index (χ3n) is 3.67. The number of benzene rings is 1. The molecule has 21 heavy (non-hydrogen) atoms. The maximum absolute atomic E-state index is 12.6. The first-order valence-electron chi connectivity index (χ1n) is 7.12. The van der Waals surface area contributed by atoms with Crippen molar-refractivity contribution in [3.05, 3.63) is 35.4 Å². The fourth-order valence-corrected chi connectivity index (χ4v) is 2.46. The van der Waals surface area contributed by atoms with Gasteiger partial charge in [0, 0.05) is 5.56 Å². The molecule has 0 aromatic heterocycles. The molecule has 1 fully saturated rings. The van der Waals surface area contributed by atoms with Crippen LogP contribution in [0.15, 0.2) is 24.3 Å². The zero-order valence-electron chi connectivity index (χ0n) is 12.5. The lowest BCUT2D eigenvalue weighted by Crippen LogP contribution is -2.51. The van der Waals surface area contributed by atoms with Crippen LogP contribution in [0.5, 0.6) is 0 Å². The number of hydroxylamine groups is 2. The highest BCUT2D eigenvalue weighted by atomic mass is 16.7. The van der Waals surface area contributed by atoms with Gasteiger partial charge in [-0.3, -0.25) is 9.63 Å². The normalized spacial score (nSPS) is 20.0. The summed E-state index contributed by atoms with van der Waals surface area (Å²) in [6.07, 6.45) is 1.16. The van der Waals surface area contributed by atoms with Crippen molar-refractivity contribution in [3.63, 3.8) is 0 Å². The van der Waals surface area contributed by atoms with E-state index in [1.54, 1.807) is 6.07 Å². The number of carbonyl (C=O) groups excluding carboxylic acids is 2. The highest BCUT2D eigenvalue weighted by Gasteiger charge is 2.61. The first-order valence-corrected chi connectivity index (χ1v) is 7.12. The molecule has 1 saturated carbocycles. The molecular formula is C16H19NO4. The Morgan fingerprint density at radius 1 is 1.29 bits per heavy atom. The van der Waals surface area contributed by atoms with E-state index in [2.05, 4.69) is 0 Å². The van der Waals surface area contributed by atoms with Crippen molar-refractivity contribution in [2.24, 2.45) is 0 Å². The number of rotatable bonds is 2. The lowest BCUT2D eigenvalue weighted by atomic mass is 10.1. The van der Waals surface area contributed by atoms with E-state index in [1.165, 1.54) is 5.06 Å². The van der Waals surface area contributed by atoms with Crippen LogP contribution in [0, 0.1) is 0 Å². The lowest BCUT2D eigenvalue weighted by molar-refractivity contribution is -0.201. The van der Waals surface area contributed by atoms with Crippen molar-refractivity contribution < 1.29 is 19.2 Å². The van der Waals surface area contributed by atoms with E-state index in [-0.39, 0.29) is 11.9 Å². The fraction of sp³-hybridized carbons (Fsp3) is 0.500. The number of fused-ring (bicyclic) bond motifs is 1. The molecule has 0 atom stereocenters. The van der Waals surface area contributed by atoms with Crippen LogP contribution in [-0.2, 0) is 21.0 Å². The van der Waals surface area contributed by atoms with Crippen LogP contribution in [0.25, 0.3) is 0 Å². The Kier molecular flexibility index (Phi) is 3.06. The third kappa shape index (κ3) is 2.42. The first-order chi connectivity index (χ1) is 9.83. The van der Waals surface area contributed by atoms with Gasteiger partial charge in [0.25, 0.3) is 5.91 Å². The summed E-state index contributed by atoms with van der Waals surface area (Å²) in [4.78, 5) is 30.5. The Bertz CT molecular complexity index is 599. The summed E-state index contributed by atoms with van der Waals surface area (Å²) in [5, 5.41) is 1.23. The molecule has 1 heterocycles. The Hall–Kier alpha value is -1.88. The molecule has 0 bridgehead atoms. The molecule has 0 radical (unpaired) electrons. The minimum Gasteiger partial charge on any atom is -0.458 e. The van der Waals surface area contributed by atoms with Gasteiger partial charge in [-0.05, 0) is 45.2 Å². The smallest absolute Gasteiger partial charge is 0.335 e. The van der Waals surface area contributed by atoms with Crippen LogP contribution in [-0.4, -0.2) is 28.1 Å². The van der Waals surface area contributed by atoms with Gasteiger partial charge in [0.2, 0.25) is 0 Å². The van der Waals surface area contributed by atoms with Gasteiger partial charge in [-0.2, -0.15) is 5.06 Å². The minimum absolute atomic E-state index is 0.264. The van der Waals surface area contributed by atoms with Crippen LogP contribution < -0.4 is 0 Å². The van der Waals surface area contributed by atoms with Crippen LogP contribution in [0.3, 0.4) is 0 Å². The van der Waals surface area contributed by atoms with Gasteiger partial charge >= 0.3 is 5.97 Å². The van der Waals surface area contributed by atoms with Gasteiger partial charge < -0.3 is 4.74 Å². The minimum atomic E-state index is -0.947. The van der Waals surface area contributed by atoms with E-state index in [0.29, 0.717) is 25.0 Å². The molecule has 112 valence electrons. The van der Waals surface area contributed by atoms with Crippen molar-refractivity contribution in [2.75, 3.05) is 0 Å². The second-order valence-electron chi connectivity index (χ2n) is 6.56. The molecule has 0 spiro atoms. The summed E-state index contributed by atoms with van der Waals surface area (Å²) < 4.78 is 5.44. The monoisotopic (exact) mass is 289 g/mol. The van der Waals surface area contributed by atoms with E-state index in [9.17, 15) is 9.59 Å². The molecule has 3 rings (SSSR count). The molecule has 1 amide bonds. The highest BCUT2D eigenvalue weighted by Crippen LogP contribution is 2.46. The second-order valence-corrected chi connectivity index (χ2v) is 6.56. The summed E-state index contributed by atoms with van der Waals surface area (Å²) >= 11 is 0. The highest BCUT2D eigenvalue weighted by molar-refractivity contribution is 6.00. The maximum Gasteiger partial charge on any atom is 0.335 e. The van der Waals surface area contributed by atoms with Crippen molar-refractivity contribution >= 4 is 11.9 Å². The van der Waals surface area contributed by atoms with Crippen LogP contribution >= 0.6 is 0 Å². The zero-order chi connectivity index (χ0) is 15.3. The summed E-state index contributed by atoms with van der Waals surface area (Å²) in [5.74, 6) is -0.650. The largest absolute Gasteiger partial charge is 0.458 e. The lowest BCUT2D eigenvalue weighted by Gasteiger charge is -2.34. The Morgan fingerprint density at radius 2 is 1.95 bits per heavy atom. The second kappa shape index (κ2) is 4.56. The zero-order valence-corrected chi connectivity index (χ0v) is 12.5. The topological polar surface area (TPSA) is 55.8 Å².